The maximum atomic E-state index is 11.5. The van der Waals surface area contributed by atoms with E-state index in [2.05, 4.69) is 25.8 Å². The number of ketones is 1. The molecule has 5 heteroatoms. The number of rotatable bonds is 5. The van der Waals surface area contributed by atoms with E-state index >= 15 is 0 Å². The van der Waals surface area contributed by atoms with Crippen molar-refractivity contribution in [2.45, 2.75) is 25.7 Å². The molecule has 0 unspecified atom stereocenters. The van der Waals surface area contributed by atoms with Gasteiger partial charge in [-0.25, -0.2) is 0 Å². The number of nitrogens with zero attached hydrogens (tertiary/aromatic N) is 1. The highest BCUT2D eigenvalue weighted by atomic mass is 32.2. The lowest BCUT2D eigenvalue weighted by molar-refractivity contribution is 0.102. The zero-order chi connectivity index (χ0) is 13.2. The monoisotopic (exact) mass is 272 g/mol. The average Bonchev–Trinajstić information content (AvgIpc) is 2.54. The normalized spacial score (nSPS) is 10.9. The van der Waals surface area contributed by atoms with Gasteiger partial charge in [-0.3, -0.25) is 4.79 Å². The third-order valence-electron chi connectivity index (χ3n) is 2.39. The molecular formula is C12H20N2OS2. The summed E-state index contributed by atoms with van der Waals surface area (Å²) < 4.78 is 0. The first-order chi connectivity index (χ1) is 7.88. The highest BCUT2D eigenvalue weighted by Crippen LogP contribution is 2.43. The van der Waals surface area contributed by atoms with Crippen LogP contribution in [0.3, 0.4) is 0 Å². The molecule has 96 valence electrons. The first-order valence-corrected chi connectivity index (χ1v) is 7.60. The molecule has 0 bridgehead atoms. The fraction of sp³-hybridized carbons (Fsp3) is 0.583. The van der Waals surface area contributed by atoms with Crippen molar-refractivity contribution in [3.05, 3.63) is 4.88 Å². The quantitative estimate of drug-likeness (QED) is 0.659. The summed E-state index contributed by atoms with van der Waals surface area (Å²) in [6, 6.07) is 0. The number of anilines is 2. The fourth-order valence-electron chi connectivity index (χ4n) is 1.76. The second-order valence-corrected chi connectivity index (χ2v) is 6.33. The minimum atomic E-state index is 0.0481. The van der Waals surface area contributed by atoms with Gasteiger partial charge in [0.25, 0.3) is 0 Å². The molecule has 1 rings (SSSR count). The Labute approximate surface area is 111 Å². The second kappa shape index (κ2) is 5.78. The molecule has 1 aromatic heterocycles. The minimum absolute atomic E-state index is 0.0481. The van der Waals surface area contributed by atoms with E-state index < -0.39 is 0 Å². The lowest BCUT2D eigenvalue weighted by atomic mass is 10.2. The maximum absolute atomic E-state index is 11.5. The standard InChI is InChI=1S/C12H20N2OS2/c1-7(2)6-14(4)12-11(16-5)9(13)10(17-12)8(3)15/h7H,6,13H2,1-5H3. The molecule has 3 nitrogen and oxygen atoms in total. The van der Waals surface area contributed by atoms with E-state index in [0.29, 0.717) is 16.5 Å². The lowest BCUT2D eigenvalue weighted by Crippen LogP contribution is -2.21. The molecule has 17 heavy (non-hydrogen) atoms. The molecule has 0 fully saturated rings. The fourth-order valence-corrected chi connectivity index (χ4v) is 3.83. The van der Waals surface area contributed by atoms with Gasteiger partial charge in [-0.05, 0) is 12.2 Å². The van der Waals surface area contributed by atoms with Crippen molar-refractivity contribution < 1.29 is 4.79 Å². The first kappa shape index (κ1) is 14.4. The summed E-state index contributed by atoms with van der Waals surface area (Å²) >= 11 is 3.11. The van der Waals surface area contributed by atoms with Crippen LogP contribution in [0.25, 0.3) is 0 Å². The zero-order valence-corrected chi connectivity index (χ0v) is 12.7. The average molecular weight is 272 g/mol. The maximum Gasteiger partial charge on any atom is 0.171 e. The number of nitrogen functional groups attached to an aromatic ring is 1. The van der Waals surface area contributed by atoms with Gasteiger partial charge in [-0.1, -0.05) is 13.8 Å². The number of hydrogen-bond donors (Lipinski definition) is 1. The van der Waals surface area contributed by atoms with Crippen molar-refractivity contribution in [3.63, 3.8) is 0 Å². The van der Waals surface area contributed by atoms with Gasteiger partial charge in [0.1, 0.15) is 5.00 Å². The minimum Gasteiger partial charge on any atom is -0.396 e. The lowest BCUT2D eigenvalue weighted by Gasteiger charge is -2.20. The van der Waals surface area contributed by atoms with E-state index in [9.17, 15) is 4.79 Å². The second-order valence-electron chi connectivity index (χ2n) is 4.51. The molecule has 0 atom stereocenters. The Kier molecular flexibility index (Phi) is 4.89. The van der Waals surface area contributed by atoms with Crippen molar-refractivity contribution in [2.24, 2.45) is 5.92 Å². The third-order valence-corrected chi connectivity index (χ3v) is 4.76. The van der Waals surface area contributed by atoms with Gasteiger partial charge < -0.3 is 10.6 Å². The molecule has 0 amide bonds. The van der Waals surface area contributed by atoms with Crippen molar-refractivity contribution in [1.82, 2.24) is 0 Å². The SMILES string of the molecule is CSc1c(N(C)CC(C)C)sc(C(C)=O)c1N. The Morgan fingerprint density at radius 3 is 2.53 bits per heavy atom. The van der Waals surface area contributed by atoms with Gasteiger partial charge >= 0.3 is 0 Å². The van der Waals surface area contributed by atoms with Gasteiger partial charge in [0.2, 0.25) is 0 Å². The number of hydrogen-bond acceptors (Lipinski definition) is 5. The third kappa shape index (κ3) is 3.16. The van der Waals surface area contributed by atoms with Gasteiger partial charge in [0, 0.05) is 20.5 Å². The predicted octanol–water partition coefficient (Wildman–Crippen LogP) is 3.35. The summed E-state index contributed by atoms with van der Waals surface area (Å²) in [6.07, 6.45) is 2.00. The van der Waals surface area contributed by atoms with Gasteiger partial charge in [0.15, 0.2) is 5.78 Å². The Morgan fingerprint density at radius 1 is 1.53 bits per heavy atom. The Hall–Kier alpha value is -0.680. The van der Waals surface area contributed by atoms with Gasteiger partial charge in [0.05, 0.1) is 15.5 Å². The zero-order valence-electron chi connectivity index (χ0n) is 11.0. The van der Waals surface area contributed by atoms with E-state index in [0.717, 1.165) is 16.4 Å². The number of carbonyl (C=O) groups is 1. The van der Waals surface area contributed by atoms with Crippen LogP contribution in [-0.4, -0.2) is 25.6 Å². The summed E-state index contributed by atoms with van der Waals surface area (Å²) in [6.45, 7) is 6.89. The van der Waals surface area contributed by atoms with E-state index in [4.69, 9.17) is 5.73 Å². The molecule has 0 radical (unpaired) electrons. The number of Topliss-reactive ketones (excluding diaryl/α,β-unsaturated/α-hetero) is 1. The van der Waals surface area contributed by atoms with Crippen LogP contribution in [0.15, 0.2) is 4.90 Å². The van der Waals surface area contributed by atoms with E-state index in [-0.39, 0.29) is 5.78 Å². The van der Waals surface area contributed by atoms with E-state index in [1.54, 1.807) is 18.7 Å². The Morgan fingerprint density at radius 2 is 2.12 bits per heavy atom. The molecule has 0 aromatic carbocycles. The van der Waals surface area contributed by atoms with E-state index in [1.165, 1.54) is 11.3 Å². The van der Waals surface area contributed by atoms with Crippen molar-refractivity contribution in [1.29, 1.82) is 0 Å². The topological polar surface area (TPSA) is 46.3 Å². The molecule has 1 heterocycles. The van der Waals surface area contributed by atoms with Crippen molar-refractivity contribution in [3.8, 4) is 0 Å². The molecule has 0 aliphatic rings. The Bertz CT molecular complexity index is 413. The van der Waals surface area contributed by atoms with Crippen LogP contribution in [0, 0.1) is 5.92 Å². The van der Waals surface area contributed by atoms with Crippen LogP contribution in [0.5, 0.6) is 0 Å². The van der Waals surface area contributed by atoms with Crippen LogP contribution < -0.4 is 10.6 Å². The molecule has 0 saturated heterocycles. The molecular weight excluding hydrogens is 252 g/mol. The van der Waals surface area contributed by atoms with Crippen LogP contribution in [-0.2, 0) is 0 Å². The van der Waals surface area contributed by atoms with Gasteiger partial charge in [-0.15, -0.1) is 23.1 Å². The molecule has 0 saturated carbocycles. The first-order valence-electron chi connectivity index (χ1n) is 5.56. The van der Waals surface area contributed by atoms with Crippen LogP contribution >= 0.6 is 23.1 Å². The molecule has 0 aliphatic carbocycles. The van der Waals surface area contributed by atoms with Crippen LogP contribution in [0.2, 0.25) is 0 Å². The molecule has 2 N–H and O–H groups in total. The van der Waals surface area contributed by atoms with Gasteiger partial charge in [-0.2, -0.15) is 0 Å². The number of thiophene rings is 1. The highest BCUT2D eigenvalue weighted by Gasteiger charge is 2.20. The molecule has 1 aromatic rings. The van der Waals surface area contributed by atoms with Crippen LogP contribution in [0.4, 0.5) is 10.7 Å². The molecule has 0 aliphatic heterocycles. The Balaban J connectivity index is 3.14. The summed E-state index contributed by atoms with van der Waals surface area (Å²) in [5.74, 6) is 0.630. The largest absolute Gasteiger partial charge is 0.396 e. The van der Waals surface area contributed by atoms with Crippen molar-refractivity contribution in [2.75, 3.05) is 30.5 Å². The summed E-state index contributed by atoms with van der Waals surface area (Å²) in [5, 5.41) is 1.11. The summed E-state index contributed by atoms with van der Waals surface area (Å²) in [5.41, 5.74) is 6.67. The summed E-state index contributed by atoms with van der Waals surface area (Å²) in [4.78, 5) is 15.4. The highest BCUT2D eigenvalue weighted by molar-refractivity contribution is 7.99. The number of nitrogens with two attached hydrogens (primary N) is 1. The number of carbonyl (C=O) groups excluding carboxylic acids is 1. The summed E-state index contributed by atoms with van der Waals surface area (Å²) in [7, 11) is 2.05. The number of thioether (sulfide) groups is 1. The smallest absolute Gasteiger partial charge is 0.171 e. The van der Waals surface area contributed by atoms with Crippen molar-refractivity contribution >= 4 is 39.6 Å². The van der Waals surface area contributed by atoms with Crippen LogP contribution in [0.1, 0.15) is 30.4 Å². The predicted molar refractivity (Wildman–Crippen MR) is 78.6 cm³/mol. The molecule has 0 spiro atoms. The van der Waals surface area contributed by atoms with E-state index in [1.807, 2.05) is 6.26 Å².